The van der Waals surface area contributed by atoms with Gasteiger partial charge < -0.3 is 23.8 Å². The van der Waals surface area contributed by atoms with E-state index in [1.54, 1.807) is 121 Å². The van der Waals surface area contributed by atoms with Crippen LogP contribution in [0.25, 0.3) is 0 Å². The molecule has 230 valence electrons. The Morgan fingerprint density at radius 1 is 0.489 bits per heavy atom. The van der Waals surface area contributed by atoms with E-state index in [1.807, 2.05) is 0 Å². The average molecular weight is 610 g/mol. The lowest BCUT2D eigenvalue weighted by Crippen LogP contribution is -2.64. The molecule has 0 amide bonds. The molecule has 1 saturated carbocycles. The minimum atomic E-state index is -1.44. The number of hydrogen-bond acceptors (Lipinski definition) is 10. The Kier molecular flexibility index (Phi) is 10.3. The lowest BCUT2D eigenvalue weighted by Gasteiger charge is -2.44. The van der Waals surface area contributed by atoms with Gasteiger partial charge in [-0.3, -0.25) is 0 Å². The second kappa shape index (κ2) is 14.9. The van der Waals surface area contributed by atoms with Gasteiger partial charge in [-0.05, 0) is 48.5 Å². The van der Waals surface area contributed by atoms with E-state index in [9.17, 15) is 19.2 Å². The van der Waals surface area contributed by atoms with E-state index in [2.05, 4.69) is 5.48 Å². The van der Waals surface area contributed by atoms with Crippen LogP contribution in [-0.2, 0) is 23.8 Å². The fourth-order valence-corrected chi connectivity index (χ4v) is 5.03. The van der Waals surface area contributed by atoms with Crippen molar-refractivity contribution in [2.75, 3.05) is 7.11 Å². The zero-order valence-corrected chi connectivity index (χ0v) is 24.3. The van der Waals surface area contributed by atoms with E-state index in [0.717, 1.165) is 0 Å². The Labute approximate surface area is 259 Å². The van der Waals surface area contributed by atoms with Gasteiger partial charge in [-0.15, -0.1) is 0 Å². The zero-order valence-electron chi connectivity index (χ0n) is 24.3. The van der Waals surface area contributed by atoms with E-state index in [4.69, 9.17) is 23.8 Å². The summed E-state index contributed by atoms with van der Waals surface area (Å²) in [5, 5.41) is 0. The number of hydrogen-bond donors (Lipinski definition) is 1. The molecule has 45 heavy (non-hydrogen) atoms. The molecule has 5 rings (SSSR count). The first-order valence-corrected chi connectivity index (χ1v) is 14.3. The van der Waals surface area contributed by atoms with Crippen molar-refractivity contribution in [1.82, 2.24) is 5.48 Å². The maximum Gasteiger partial charge on any atom is 0.338 e. The highest BCUT2D eigenvalue weighted by Gasteiger charge is 2.53. The third-order valence-corrected chi connectivity index (χ3v) is 7.19. The van der Waals surface area contributed by atoms with Crippen LogP contribution in [0, 0.1) is 0 Å². The molecule has 4 aromatic carbocycles. The fourth-order valence-electron chi connectivity index (χ4n) is 5.03. The van der Waals surface area contributed by atoms with Crippen molar-refractivity contribution >= 4 is 23.9 Å². The van der Waals surface area contributed by atoms with E-state index in [-0.39, 0.29) is 28.7 Å². The average Bonchev–Trinajstić information content (AvgIpc) is 3.09. The quantitative estimate of drug-likeness (QED) is 0.152. The number of esters is 4. The van der Waals surface area contributed by atoms with Crippen molar-refractivity contribution in [3.8, 4) is 0 Å². The van der Waals surface area contributed by atoms with Crippen molar-refractivity contribution in [3.05, 3.63) is 144 Å². The molecule has 0 heterocycles. The van der Waals surface area contributed by atoms with E-state index in [1.165, 1.54) is 7.11 Å². The molecule has 0 aliphatic heterocycles. The molecule has 1 N–H and O–H groups in total. The monoisotopic (exact) mass is 609 g/mol. The van der Waals surface area contributed by atoms with Crippen LogP contribution in [0.1, 0.15) is 47.9 Å². The van der Waals surface area contributed by atoms with Gasteiger partial charge >= 0.3 is 23.9 Å². The van der Waals surface area contributed by atoms with Crippen molar-refractivity contribution < 1.29 is 43.0 Å². The van der Waals surface area contributed by atoms with Gasteiger partial charge in [0.05, 0.1) is 35.4 Å². The van der Waals surface area contributed by atoms with Gasteiger partial charge in [0.25, 0.3) is 0 Å². The summed E-state index contributed by atoms with van der Waals surface area (Å²) in [7, 11) is 1.37. The Hall–Kier alpha value is -5.32. The summed E-state index contributed by atoms with van der Waals surface area (Å²) in [4.78, 5) is 58.7. The summed E-state index contributed by atoms with van der Waals surface area (Å²) in [5.41, 5.74) is 3.71. The maximum atomic E-state index is 13.5. The molecule has 4 aromatic rings. The highest BCUT2D eigenvalue weighted by Crippen LogP contribution is 2.32. The van der Waals surface area contributed by atoms with Crippen LogP contribution in [0.3, 0.4) is 0 Å². The van der Waals surface area contributed by atoms with Crippen LogP contribution in [-0.4, -0.2) is 61.4 Å². The van der Waals surface area contributed by atoms with Gasteiger partial charge in [0.15, 0.2) is 18.3 Å². The number of benzene rings is 4. The van der Waals surface area contributed by atoms with Crippen molar-refractivity contribution in [1.29, 1.82) is 0 Å². The Bertz CT molecular complexity index is 1580. The molecule has 0 saturated heterocycles. The number of nitrogens with one attached hydrogen (secondary N) is 1. The van der Waals surface area contributed by atoms with Crippen LogP contribution in [0.4, 0.5) is 0 Å². The van der Waals surface area contributed by atoms with Gasteiger partial charge in [0.1, 0.15) is 6.10 Å². The first kappa shape index (κ1) is 31.1. The van der Waals surface area contributed by atoms with Gasteiger partial charge in [0.2, 0.25) is 0 Å². The standard InChI is InChI=1S/C35H31NO9/c1-41-36-27-22-28(42-32(37)23-14-6-2-7-15-23)30(44-34(39)25-18-10-4-11-19-25)31(45-35(40)26-20-12-5-13-21-26)29(27)43-33(38)24-16-8-3-9-17-24/h2-21,27-31,36H,22H2,1H3/t27-,28-,29+,30-,31-/m1/s1. The minimum absolute atomic E-state index is 0.0364. The molecule has 10 nitrogen and oxygen atoms in total. The van der Waals surface area contributed by atoms with Gasteiger partial charge in [-0.25, -0.2) is 19.2 Å². The minimum Gasteiger partial charge on any atom is -0.455 e. The van der Waals surface area contributed by atoms with Crippen LogP contribution in [0.5, 0.6) is 0 Å². The predicted octanol–water partition coefficient (Wildman–Crippen LogP) is 4.81. The smallest absolute Gasteiger partial charge is 0.338 e. The SMILES string of the molecule is CON[C@@H]1C[C@@H](OC(=O)c2ccccc2)[C@@H](OC(=O)c2ccccc2)[C@H](OC(=O)c2ccccc2)[C@H]1OC(=O)c1ccccc1. The molecule has 1 aliphatic carbocycles. The molecule has 5 atom stereocenters. The lowest BCUT2D eigenvalue weighted by atomic mass is 9.84. The van der Waals surface area contributed by atoms with Crippen LogP contribution >= 0.6 is 0 Å². The summed E-state index contributed by atoms with van der Waals surface area (Å²) in [6, 6.07) is 32.1. The van der Waals surface area contributed by atoms with Crippen molar-refractivity contribution in [3.63, 3.8) is 0 Å². The molecule has 1 fully saturated rings. The number of ether oxygens (including phenoxy) is 4. The fraction of sp³-hybridized carbons (Fsp3) is 0.200. The van der Waals surface area contributed by atoms with Gasteiger partial charge in [-0.1, -0.05) is 72.8 Å². The molecule has 0 unspecified atom stereocenters. The zero-order chi connectivity index (χ0) is 31.6. The number of carbonyl (C=O) groups is 4. The molecule has 10 heteroatoms. The molecule has 0 radical (unpaired) electrons. The van der Waals surface area contributed by atoms with Crippen LogP contribution in [0.2, 0.25) is 0 Å². The van der Waals surface area contributed by atoms with Crippen molar-refractivity contribution in [2.45, 2.75) is 36.9 Å². The van der Waals surface area contributed by atoms with Gasteiger partial charge in [0, 0.05) is 6.42 Å². The molecule has 0 spiro atoms. The largest absolute Gasteiger partial charge is 0.455 e. The second-order valence-electron chi connectivity index (χ2n) is 10.2. The number of hydroxylamine groups is 1. The second-order valence-corrected chi connectivity index (χ2v) is 10.2. The van der Waals surface area contributed by atoms with E-state index in [0.29, 0.717) is 0 Å². The Balaban J connectivity index is 1.55. The summed E-state index contributed by atoms with van der Waals surface area (Å²) in [6.07, 6.45) is -5.26. The Morgan fingerprint density at radius 3 is 1.20 bits per heavy atom. The van der Waals surface area contributed by atoms with Crippen molar-refractivity contribution in [2.24, 2.45) is 0 Å². The normalized spacial score (nSPS) is 20.8. The summed E-state index contributed by atoms with van der Waals surface area (Å²) in [6.45, 7) is 0. The number of carbonyl (C=O) groups excluding carboxylic acids is 4. The Morgan fingerprint density at radius 2 is 0.822 bits per heavy atom. The van der Waals surface area contributed by atoms with Crippen LogP contribution in [0.15, 0.2) is 121 Å². The molecular formula is C35H31NO9. The topological polar surface area (TPSA) is 126 Å². The summed E-state index contributed by atoms with van der Waals surface area (Å²) in [5.74, 6) is -2.93. The number of rotatable bonds is 10. The maximum absolute atomic E-state index is 13.5. The van der Waals surface area contributed by atoms with E-state index < -0.39 is 54.3 Å². The first-order chi connectivity index (χ1) is 21.9. The molecular weight excluding hydrogens is 578 g/mol. The highest BCUT2D eigenvalue weighted by molar-refractivity contribution is 5.92. The summed E-state index contributed by atoms with van der Waals surface area (Å²) >= 11 is 0. The lowest BCUT2D eigenvalue weighted by molar-refractivity contribution is -0.169. The third-order valence-electron chi connectivity index (χ3n) is 7.19. The third kappa shape index (κ3) is 7.80. The first-order valence-electron chi connectivity index (χ1n) is 14.3. The predicted molar refractivity (Wildman–Crippen MR) is 161 cm³/mol. The molecule has 1 aliphatic rings. The summed E-state index contributed by atoms with van der Waals surface area (Å²) < 4.78 is 23.8. The molecule has 0 aromatic heterocycles. The molecule has 0 bridgehead atoms. The van der Waals surface area contributed by atoms with Gasteiger partial charge in [-0.2, -0.15) is 5.48 Å². The highest BCUT2D eigenvalue weighted by atomic mass is 16.7. The van der Waals surface area contributed by atoms with Crippen LogP contribution < -0.4 is 5.48 Å². The van der Waals surface area contributed by atoms with E-state index >= 15 is 0 Å².